The number of hydrogen-bond donors (Lipinski definition) is 2. The highest BCUT2D eigenvalue weighted by atomic mass is 79.9. The lowest BCUT2D eigenvalue weighted by molar-refractivity contribution is 0.475. The number of halogens is 1. The minimum atomic E-state index is 0.298. The van der Waals surface area contributed by atoms with Crippen molar-refractivity contribution in [2.24, 2.45) is 0 Å². The van der Waals surface area contributed by atoms with Gasteiger partial charge in [0.25, 0.3) is 0 Å². The first-order valence-electron chi connectivity index (χ1n) is 6.82. The number of hydrogen-bond acceptors (Lipinski definition) is 3. The van der Waals surface area contributed by atoms with Crippen molar-refractivity contribution in [2.75, 3.05) is 5.32 Å². The van der Waals surface area contributed by atoms with Gasteiger partial charge in [-0.25, -0.2) is 0 Å². The van der Waals surface area contributed by atoms with Crippen molar-refractivity contribution in [1.82, 2.24) is 0 Å². The van der Waals surface area contributed by atoms with Gasteiger partial charge in [-0.2, -0.15) is 5.26 Å². The van der Waals surface area contributed by atoms with Gasteiger partial charge in [-0.3, -0.25) is 0 Å². The van der Waals surface area contributed by atoms with E-state index in [9.17, 15) is 5.11 Å². The van der Waals surface area contributed by atoms with E-state index in [1.54, 1.807) is 18.2 Å². The molecule has 1 atom stereocenters. The van der Waals surface area contributed by atoms with Crippen LogP contribution in [0.2, 0.25) is 0 Å². The summed E-state index contributed by atoms with van der Waals surface area (Å²) in [5.74, 6) is 0.298. The number of nitrogens with one attached hydrogen (secondary N) is 1. The van der Waals surface area contributed by atoms with Crippen molar-refractivity contribution in [2.45, 2.75) is 25.8 Å². The molecule has 0 aliphatic rings. The molecule has 0 heterocycles. The van der Waals surface area contributed by atoms with Gasteiger partial charge >= 0.3 is 0 Å². The molecule has 0 aliphatic carbocycles. The van der Waals surface area contributed by atoms with Crippen molar-refractivity contribution < 1.29 is 5.11 Å². The predicted molar refractivity (Wildman–Crippen MR) is 88.4 cm³/mol. The Labute approximate surface area is 133 Å². The predicted octanol–water partition coefficient (Wildman–Crippen LogP) is 4.46. The lowest BCUT2D eigenvalue weighted by Gasteiger charge is -2.16. The highest BCUT2D eigenvalue weighted by Crippen LogP contribution is 2.24. The quantitative estimate of drug-likeness (QED) is 0.841. The van der Waals surface area contributed by atoms with E-state index in [-0.39, 0.29) is 0 Å². The van der Waals surface area contributed by atoms with E-state index in [0.29, 0.717) is 17.4 Å². The highest BCUT2D eigenvalue weighted by Gasteiger charge is 2.06. The molecule has 0 fully saturated rings. The van der Waals surface area contributed by atoms with Crippen molar-refractivity contribution in [1.29, 1.82) is 5.26 Å². The Balaban J connectivity index is 1.91. The van der Waals surface area contributed by atoms with E-state index in [4.69, 9.17) is 5.26 Å². The maximum atomic E-state index is 9.26. The zero-order valence-electron chi connectivity index (χ0n) is 11.8. The lowest BCUT2D eigenvalue weighted by atomic mass is 10.1. The van der Waals surface area contributed by atoms with Crippen LogP contribution in [-0.4, -0.2) is 11.1 Å². The van der Waals surface area contributed by atoms with Gasteiger partial charge in [-0.15, -0.1) is 0 Å². The molecule has 0 radical (unpaired) electrons. The summed E-state index contributed by atoms with van der Waals surface area (Å²) in [5, 5.41) is 21.6. The van der Waals surface area contributed by atoms with Crippen LogP contribution >= 0.6 is 15.9 Å². The van der Waals surface area contributed by atoms with Crippen LogP contribution in [0.3, 0.4) is 0 Å². The Morgan fingerprint density at radius 2 is 1.95 bits per heavy atom. The van der Waals surface area contributed by atoms with Crippen molar-refractivity contribution in [3.8, 4) is 11.8 Å². The molecule has 21 heavy (non-hydrogen) atoms. The molecule has 2 N–H and O–H groups in total. The number of aromatic hydroxyl groups is 1. The van der Waals surface area contributed by atoms with Gasteiger partial charge in [-0.05, 0) is 71.6 Å². The molecule has 2 aromatic carbocycles. The first kappa shape index (κ1) is 15.4. The Kier molecular flexibility index (Phi) is 5.24. The van der Waals surface area contributed by atoms with Gasteiger partial charge in [0.05, 0.1) is 11.6 Å². The minimum Gasteiger partial charge on any atom is -0.508 e. The van der Waals surface area contributed by atoms with Crippen LogP contribution in [0.4, 0.5) is 5.69 Å². The van der Waals surface area contributed by atoms with Crippen LogP contribution in [0.25, 0.3) is 0 Å². The number of anilines is 1. The number of nitrogens with zero attached hydrogens (tertiary/aromatic N) is 1. The number of rotatable bonds is 5. The molecule has 0 bridgehead atoms. The topological polar surface area (TPSA) is 56.0 Å². The highest BCUT2D eigenvalue weighted by molar-refractivity contribution is 9.10. The molecule has 1 unspecified atom stereocenters. The molecular weight excluding hydrogens is 328 g/mol. The summed E-state index contributed by atoms with van der Waals surface area (Å²) in [6.45, 7) is 2.13. The molecule has 0 spiro atoms. The van der Waals surface area contributed by atoms with E-state index in [2.05, 4.69) is 34.2 Å². The zero-order chi connectivity index (χ0) is 15.2. The molecule has 0 saturated heterocycles. The average Bonchev–Trinajstić information content (AvgIpc) is 2.48. The largest absolute Gasteiger partial charge is 0.508 e. The van der Waals surface area contributed by atoms with E-state index in [0.717, 1.165) is 23.0 Å². The van der Waals surface area contributed by atoms with Gasteiger partial charge in [0.15, 0.2) is 0 Å². The summed E-state index contributed by atoms with van der Waals surface area (Å²) < 4.78 is 0.901. The Morgan fingerprint density at radius 3 is 2.57 bits per heavy atom. The van der Waals surface area contributed by atoms with Crippen LogP contribution in [-0.2, 0) is 6.42 Å². The second-order valence-electron chi connectivity index (χ2n) is 5.06. The molecule has 3 nitrogen and oxygen atoms in total. The van der Waals surface area contributed by atoms with Gasteiger partial charge < -0.3 is 10.4 Å². The zero-order valence-corrected chi connectivity index (χ0v) is 13.4. The fourth-order valence-electron chi connectivity index (χ4n) is 2.09. The lowest BCUT2D eigenvalue weighted by Crippen LogP contribution is -2.16. The summed E-state index contributed by atoms with van der Waals surface area (Å²) >= 11 is 3.48. The molecule has 2 aromatic rings. The van der Waals surface area contributed by atoms with Crippen molar-refractivity contribution in [3.05, 3.63) is 58.1 Å². The smallest absolute Gasteiger partial charge is 0.115 e. The first-order chi connectivity index (χ1) is 10.1. The molecule has 2 rings (SSSR count). The van der Waals surface area contributed by atoms with E-state index < -0.39 is 0 Å². The standard InChI is InChI=1S/C17H17BrN2O/c1-12(2-3-13-4-7-15(21)8-5-13)20-17-9-6-14(11-19)10-16(17)18/h4-10,12,20-21H,2-3H2,1H3. The first-order valence-corrected chi connectivity index (χ1v) is 7.62. The summed E-state index contributed by atoms with van der Waals surface area (Å²) in [5.41, 5.74) is 2.84. The molecule has 0 amide bonds. The summed E-state index contributed by atoms with van der Waals surface area (Å²) in [7, 11) is 0. The number of aryl methyl sites for hydroxylation is 1. The molecule has 108 valence electrons. The Hall–Kier alpha value is -1.99. The maximum absolute atomic E-state index is 9.26. The van der Waals surface area contributed by atoms with Gasteiger partial charge in [-0.1, -0.05) is 12.1 Å². The van der Waals surface area contributed by atoms with Gasteiger partial charge in [0.1, 0.15) is 5.75 Å². The summed E-state index contributed by atoms with van der Waals surface area (Å²) in [6.07, 6.45) is 1.93. The Morgan fingerprint density at radius 1 is 1.24 bits per heavy atom. The minimum absolute atomic E-state index is 0.298. The normalized spacial score (nSPS) is 11.7. The molecule has 4 heteroatoms. The van der Waals surface area contributed by atoms with E-state index >= 15 is 0 Å². The van der Waals surface area contributed by atoms with Crippen LogP contribution in [0.15, 0.2) is 46.9 Å². The number of phenols is 1. The maximum Gasteiger partial charge on any atom is 0.115 e. The van der Waals surface area contributed by atoms with Gasteiger partial charge in [0.2, 0.25) is 0 Å². The third kappa shape index (κ3) is 4.51. The monoisotopic (exact) mass is 344 g/mol. The SMILES string of the molecule is CC(CCc1ccc(O)cc1)Nc1ccc(C#N)cc1Br. The molecule has 0 aromatic heterocycles. The fourth-order valence-corrected chi connectivity index (χ4v) is 2.58. The summed E-state index contributed by atoms with van der Waals surface area (Å²) in [4.78, 5) is 0. The molecular formula is C17H17BrN2O. The van der Waals surface area contributed by atoms with E-state index in [1.165, 1.54) is 5.56 Å². The second kappa shape index (κ2) is 7.14. The number of benzene rings is 2. The fraction of sp³-hybridized carbons (Fsp3) is 0.235. The van der Waals surface area contributed by atoms with Crippen LogP contribution < -0.4 is 5.32 Å². The molecule has 0 aliphatic heterocycles. The second-order valence-corrected chi connectivity index (χ2v) is 5.91. The summed E-state index contributed by atoms with van der Waals surface area (Å²) in [6, 6.07) is 15.3. The van der Waals surface area contributed by atoms with Gasteiger partial charge in [0, 0.05) is 16.2 Å². The number of nitriles is 1. The third-order valence-corrected chi connectivity index (χ3v) is 3.96. The van der Waals surface area contributed by atoms with E-state index in [1.807, 2.05) is 24.3 Å². The average molecular weight is 345 g/mol. The van der Waals surface area contributed by atoms with Crippen LogP contribution in [0.5, 0.6) is 5.75 Å². The van der Waals surface area contributed by atoms with Crippen molar-refractivity contribution in [3.63, 3.8) is 0 Å². The van der Waals surface area contributed by atoms with Crippen molar-refractivity contribution >= 4 is 21.6 Å². The van der Waals surface area contributed by atoms with Crippen LogP contribution in [0, 0.1) is 11.3 Å². The van der Waals surface area contributed by atoms with Crippen LogP contribution in [0.1, 0.15) is 24.5 Å². The molecule has 0 saturated carbocycles. The third-order valence-electron chi connectivity index (χ3n) is 3.30. The Bertz CT molecular complexity index is 647. The number of phenolic OH excluding ortho intramolecular Hbond substituents is 1.